The van der Waals surface area contributed by atoms with Crippen LogP contribution >= 0.6 is 23.1 Å². The van der Waals surface area contributed by atoms with Gasteiger partial charge in [0.05, 0.1) is 11.8 Å². The van der Waals surface area contributed by atoms with Crippen molar-refractivity contribution in [2.45, 2.75) is 31.7 Å². The largest absolute Gasteiger partial charge is 0.381 e. The number of rotatable bonds is 5. The summed E-state index contributed by atoms with van der Waals surface area (Å²) in [6.45, 7) is 2.72. The molecule has 3 nitrogen and oxygen atoms in total. The zero-order chi connectivity index (χ0) is 14.5. The summed E-state index contributed by atoms with van der Waals surface area (Å²) in [5, 5.41) is 2.11. The Balaban J connectivity index is 1.46. The standard InChI is InChI=1S/C16H23NO2S2/c18-16(12-20-11-13-5-8-19-9-6-13)17-7-1-3-14(17)15-4-2-10-21-15/h2,4,10,13-14H,1,3,5-9,11-12H2/t14-/m1/s1. The molecule has 116 valence electrons. The highest BCUT2D eigenvalue weighted by atomic mass is 32.2. The van der Waals surface area contributed by atoms with Crippen LogP contribution in [-0.2, 0) is 9.53 Å². The van der Waals surface area contributed by atoms with Crippen LogP contribution in [0.2, 0.25) is 0 Å². The Morgan fingerprint density at radius 2 is 2.24 bits per heavy atom. The minimum Gasteiger partial charge on any atom is -0.381 e. The fourth-order valence-electron chi connectivity index (χ4n) is 3.15. The molecule has 0 radical (unpaired) electrons. The summed E-state index contributed by atoms with van der Waals surface area (Å²) in [5.41, 5.74) is 0. The average Bonchev–Trinajstić information content (AvgIpc) is 3.19. The summed E-state index contributed by atoms with van der Waals surface area (Å²) >= 11 is 3.58. The predicted molar refractivity (Wildman–Crippen MR) is 88.9 cm³/mol. The maximum Gasteiger partial charge on any atom is 0.233 e. The number of carbonyl (C=O) groups excluding carboxylic acids is 1. The highest BCUT2D eigenvalue weighted by Crippen LogP contribution is 2.35. The molecule has 0 spiro atoms. The number of hydrogen-bond donors (Lipinski definition) is 0. The van der Waals surface area contributed by atoms with Crippen molar-refractivity contribution in [2.24, 2.45) is 5.92 Å². The molecule has 5 heteroatoms. The van der Waals surface area contributed by atoms with E-state index in [4.69, 9.17) is 4.74 Å². The van der Waals surface area contributed by atoms with E-state index in [2.05, 4.69) is 22.4 Å². The molecule has 2 aliphatic rings. The Morgan fingerprint density at radius 3 is 3.00 bits per heavy atom. The quantitative estimate of drug-likeness (QED) is 0.829. The first-order chi connectivity index (χ1) is 10.3. The molecule has 0 aliphatic carbocycles. The molecule has 0 aromatic carbocycles. The average molecular weight is 325 g/mol. The SMILES string of the molecule is O=C(CSCC1CCOCC1)N1CCC[C@@H]1c1cccs1. The van der Waals surface area contributed by atoms with Crippen molar-refractivity contribution in [2.75, 3.05) is 31.3 Å². The zero-order valence-corrected chi connectivity index (χ0v) is 14.0. The van der Waals surface area contributed by atoms with Crippen molar-refractivity contribution in [3.8, 4) is 0 Å². The highest BCUT2D eigenvalue weighted by Gasteiger charge is 2.30. The molecular formula is C16H23NO2S2. The van der Waals surface area contributed by atoms with Crippen LogP contribution < -0.4 is 0 Å². The first-order valence-corrected chi connectivity index (χ1v) is 9.86. The molecule has 3 rings (SSSR count). The number of ether oxygens (including phenoxy) is 1. The van der Waals surface area contributed by atoms with Crippen LogP contribution in [0, 0.1) is 5.92 Å². The summed E-state index contributed by atoms with van der Waals surface area (Å²) in [7, 11) is 0. The lowest BCUT2D eigenvalue weighted by atomic mass is 10.0. The molecule has 0 bridgehead atoms. The second-order valence-corrected chi connectivity index (χ2v) is 7.84. The van der Waals surface area contributed by atoms with Gasteiger partial charge in [-0.05, 0) is 48.8 Å². The number of thiophene rings is 1. The van der Waals surface area contributed by atoms with Gasteiger partial charge in [-0.2, -0.15) is 11.8 Å². The molecule has 21 heavy (non-hydrogen) atoms. The zero-order valence-electron chi connectivity index (χ0n) is 12.3. The molecule has 0 N–H and O–H groups in total. The third-order valence-electron chi connectivity index (χ3n) is 4.36. The molecule has 2 aliphatic heterocycles. The van der Waals surface area contributed by atoms with E-state index in [1.165, 1.54) is 4.88 Å². The number of carbonyl (C=O) groups is 1. The Morgan fingerprint density at radius 1 is 1.38 bits per heavy atom. The Bertz CT molecular complexity index is 443. The number of likely N-dealkylation sites (tertiary alicyclic amines) is 1. The molecule has 0 saturated carbocycles. The van der Waals surface area contributed by atoms with Gasteiger partial charge in [0, 0.05) is 24.6 Å². The second kappa shape index (κ2) is 7.65. The van der Waals surface area contributed by atoms with Crippen LogP contribution in [-0.4, -0.2) is 42.1 Å². The van der Waals surface area contributed by atoms with Crippen molar-refractivity contribution in [1.82, 2.24) is 4.90 Å². The van der Waals surface area contributed by atoms with Gasteiger partial charge in [-0.25, -0.2) is 0 Å². The van der Waals surface area contributed by atoms with Gasteiger partial charge in [0.2, 0.25) is 5.91 Å². The molecule has 1 aromatic rings. The first kappa shape index (κ1) is 15.4. The van der Waals surface area contributed by atoms with Crippen molar-refractivity contribution >= 4 is 29.0 Å². The summed E-state index contributed by atoms with van der Waals surface area (Å²) in [4.78, 5) is 15.9. The number of hydrogen-bond acceptors (Lipinski definition) is 4. The van der Waals surface area contributed by atoms with Crippen LogP contribution in [0.3, 0.4) is 0 Å². The Labute approximate surface area is 135 Å². The summed E-state index contributed by atoms with van der Waals surface area (Å²) < 4.78 is 5.38. The third-order valence-corrected chi connectivity index (χ3v) is 6.50. The topological polar surface area (TPSA) is 29.5 Å². The second-order valence-electron chi connectivity index (χ2n) is 5.83. The summed E-state index contributed by atoms with van der Waals surface area (Å²) in [5.74, 6) is 2.80. The van der Waals surface area contributed by atoms with Gasteiger partial charge < -0.3 is 9.64 Å². The van der Waals surface area contributed by atoms with Gasteiger partial charge in [-0.15, -0.1) is 11.3 Å². The van der Waals surface area contributed by atoms with Gasteiger partial charge in [0.1, 0.15) is 0 Å². The van der Waals surface area contributed by atoms with Crippen molar-refractivity contribution in [3.05, 3.63) is 22.4 Å². The van der Waals surface area contributed by atoms with Gasteiger partial charge >= 0.3 is 0 Å². The predicted octanol–water partition coefficient (Wildman–Crippen LogP) is 3.57. The Kier molecular flexibility index (Phi) is 5.61. The van der Waals surface area contributed by atoms with E-state index < -0.39 is 0 Å². The highest BCUT2D eigenvalue weighted by molar-refractivity contribution is 7.99. The number of amides is 1. The maximum absolute atomic E-state index is 12.5. The maximum atomic E-state index is 12.5. The minimum atomic E-state index is 0.322. The van der Waals surface area contributed by atoms with E-state index in [0.717, 1.165) is 57.1 Å². The molecule has 2 saturated heterocycles. The van der Waals surface area contributed by atoms with Gasteiger partial charge in [-0.3, -0.25) is 4.79 Å². The lowest BCUT2D eigenvalue weighted by molar-refractivity contribution is -0.129. The smallest absolute Gasteiger partial charge is 0.233 e. The van der Waals surface area contributed by atoms with Crippen LogP contribution in [0.1, 0.15) is 36.6 Å². The van der Waals surface area contributed by atoms with Crippen LogP contribution in [0.25, 0.3) is 0 Å². The normalized spacial score (nSPS) is 23.6. The van der Waals surface area contributed by atoms with E-state index >= 15 is 0 Å². The number of nitrogens with zero attached hydrogens (tertiary/aromatic N) is 1. The molecule has 2 fully saturated rings. The molecule has 1 atom stereocenters. The Hall–Kier alpha value is -0.520. The lowest BCUT2D eigenvalue weighted by Crippen LogP contribution is -2.32. The fourth-order valence-corrected chi connectivity index (χ4v) is 5.15. The molecule has 1 aromatic heterocycles. The van der Waals surface area contributed by atoms with Gasteiger partial charge in [0.25, 0.3) is 0 Å². The van der Waals surface area contributed by atoms with Crippen molar-refractivity contribution < 1.29 is 9.53 Å². The molecule has 1 amide bonds. The minimum absolute atomic E-state index is 0.322. The third kappa shape index (κ3) is 4.02. The summed E-state index contributed by atoms with van der Waals surface area (Å²) in [6, 6.07) is 4.58. The monoisotopic (exact) mass is 325 g/mol. The summed E-state index contributed by atoms with van der Waals surface area (Å²) in [6.07, 6.45) is 4.57. The lowest BCUT2D eigenvalue weighted by Gasteiger charge is -2.25. The van der Waals surface area contributed by atoms with E-state index in [1.54, 1.807) is 11.3 Å². The van der Waals surface area contributed by atoms with Gasteiger partial charge in [-0.1, -0.05) is 6.07 Å². The first-order valence-electron chi connectivity index (χ1n) is 7.83. The molecule has 3 heterocycles. The van der Waals surface area contributed by atoms with E-state index in [0.29, 0.717) is 17.7 Å². The van der Waals surface area contributed by atoms with Gasteiger partial charge in [0.15, 0.2) is 0 Å². The van der Waals surface area contributed by atoms with E-state index in [9.17, 15) is 4.79 Å². The number of thioether (sulfide) groups is 1. The van der Waals surface area contributed by atoms with Crippen molar-refractivity contribution in [1.29, 1.82) is 0 Å². The van der Waals surface area contributed by atoms with Crippen LogP contribution in [0.4, 0.5) is 0 Å². The van der Waals surface area contributed by atoms with Crippen LogP contribution in [0.15, 0.2) is 17.5 Å². The molecular weight excluding hydrogens is 302 g/mol. The van der Waals surface area contributed by atoms with Crippen molar-refractivity contribution in [3.63, 3.8) is 0 Å². The van der Waals surface area contributed by atoms with E-state index in [1.807, 2.05) is 11.8 Å². The fraction of sp³-hybridized carbons (Fsp3) is 0.688. The molecule has 0 unspecified atom stereocenters. The van der Waals surface area contributed by atoms with Crippen LogP contribution in [0.5, 0.6) is 0 Å². The van der Waals surface area contributed by atoms with E-state index in [-0.39, 0.29) is 0 Å².